The van der Waals surface area contributed by atoms with E-state index in [4.69, 9.17) is 4.42 Å². The zero-order valence-corrected chi connectivity index (χ0v) is 11.5. The van der Waals surface area contributed by atoms with Crippen LogP contribution in [0, 0.1) is 0 Å². The first-order valence-electron chi connectivity index (χ1n) is 6.37. The molecule has 0 amide bonds. The number of aromatic nitrogens is 2. The molecule has 0 saturated carbocycles. The summed E-state index contributed by atoms with van der Waals surface area (Å²) in [4.78, 5) is 2.13. The maximum Gasteiger partial charge on any atom is 0.318 e. The highest BCUT2D eigenvalue weighted by atomic mass is 16.4. The van der Waals surface area contributed by atoms with E-state index in [1.165, 1.54) is 0 Å². The SMILES string of the molecule is CCCN(c1nnc(CNC(C)C)o1)C(C)C. The third-order valence-electron chi connectivity index (χ3n) is 2.45. The summed E-state index contributed by atoms with van der Waals surface area (Å²) in [5, 5.41) is 11.4. The molecule has 0 aliphatic carbocycles. The van der Waals surface area contributed by atoms with Gasteiger partial charge in [0.1, 0.15) is 0 Å². The van der Waals surface area contributed by atoms with Gasteiger partial charge in [0.15, 0.2) is 0 Å². The van der Waals surface area contributed by atoms with Crippen LogP contribution in [0.3, 0.4) is 0 Å². The molecule has 0 bridgehead atoms. The Balaban J connectivity index is 2.64. The summed E-state index contributed by atoms with van der Waals surface area (Å²) in [5.74, 6) is 0.649. The molecule has 1 aromatic heterocycles. The van der Waals surface area contributed by atoms with E-state index in [-0.39, 0.29) is 0 Å². The van der Waals surface area contributed by atoms with Crippen molar-refractivity contribution in [3.63, 3.8) is 0 Å². The van der Waals surface area contributed by atoms with Crippen molar-refractivity contribution in [2.24, 2.45) is 0 Å². The van der Waals surface area contributed by atoms with E-state index in [2.05, 4.69) is 55.0 Å². The lowest BCUT2D eigenvalue weighted by molar-refractivity contribution is 0.439. The average Bonchev–Trinajstić information content (AvgIpc) is 2.71. The Hall–Kier alpha value is -1.10. The number of rotatable bonds is 7. The van der Waals surface area contributed by atoms with Crippen molar-refractivity contribution in [3.8, 4) is 0 Å². The average molecular weight is 240 g/mol. The predicted octanol–water partition coefficient (Wildman–Crippen LogP) is 2.19. The summed E-state index contributed by atoms with van der Waals surface area (Å²) in [6.07, 6.45) is 1.07. The molecule has 1 aromatic rings. The monoisotopic (exact) mass is 240 g/mol. The molecule has 0 saturated heterocycles. The minimum Gasteiger partial charge on any atom is -0.407 e. The molecule has 5 heteroatoms. The van der Waals surface area contributed by atoms with E-state index >= 15 is 0 Å². The van der Waals surface area contributed by atoms with E-state index in [1.807, 2.05) is 0 Å². The van der Waals surface area contributed by atoms with Crippen LogP contribution in [-0.2, 0) is 6.54 Å². The zero-order valence-electron chi connectivity index (χ0n) is 11.5. The van der Waals surface area contributed by atoms with Gasteiger partial charge in [-0.05, 0) is 20.3 Å². The van der Waals surface area contributed by atoms with Crippen molar-refractivity contribution in [2.45, 2.75) is 59.7 Å². The lowest BCUT2D eigenvalue weighted by atomic mass is 10.3. The van der Waals surface area contributed by atoms with Crippen molar-refractivity contribution in [1.82, 2.24) is 15.5 Å². The van der Waals surface area contributed by atoms with Crippen LogP contribution in [0.4, 0.5) is 6.01 Å². The Kier molecular flexibility index (Phi) is 5.41. The first kappa shape index (κ1) is 14.0. The van der Waals surface area contributed by atoms with E-state index in [1.54, 1.807) is 0 Å². The summed E-state index contributed by atoms with van der Waals surface area (Å²) >= 11 is 0. The molecule has 0 fully saturated rings. The van der Waals surface area contributed by atoms with Gasteiger partial charge in [0.25, 0.3) is 0 Å². The highest BCUT2D eigenvalue weighted by molar-refractivity contribution is 5.25. The topological polar surface area (TPSA) is 54.2 Å². The van der Waals surface area contributed by atoms with Gasteiger partial charge in [-0.25, -0.2) is 0 Å². The molecule has 0 spiro atoms. The first-order valence-corrected chi connectivity index (χ1v) is 6.37. The Morgan fingerprint density at radius 1 is 1.24 bits per heavy atom. The van der Waals surface area contributed by atoms with Crippen LogP contribution in [0.2, 0.25) is 0 Å². The van der Waals surface area contributed by atoms with Crippen LogP contribution < -0.4 is 10.2 Å². The second kappa shape index (κ2) is 6.59. The number of hydrogen-bond donors (Lipinski definition) is 1. The van der Waals surface area contributed by atoms with Gasteiger partial charge in [-0.1, -0.05) is 25.9 Å². The Morgan fingerprint density at radius 3 is 2.47 bits per heavy atom. The second-order valence-corrected chi connectivity index (χ2v) is 4.80. The Labute approximate surface area is 104 Å². The lowest BCUT2D eigenvalue weighted by Gasteiger charge is -2.23. The van der Waals surface area contributed by atoms with Gasteiger partial charge in [0, 0.05) is 18.6 Å². The van der Waals surface area contributed by atoms with Crippen LogP contribution in [-0.4, -0.2) is 28.8 Å². The molecular formula is C12H24N4O. The van der Waals surface area contributed by atoms with Crippen molar-refractivity contribution >= 4 is 6.01 Å². The smallest absolute Gasteiger partial charge is 0.318 e. The molecule has 1 rings (SSSR count). The zero-order chi connectivity index (χ0) is 12.8. The summed E-state index contributed by atoms with van der Waals surface area (Å²) in [6, 6.07) is 1.42. The van der Waals surface area contributed by atoms with Gasteiger partial charge in [0.05, 0.1) is 6.54 Å². The molecule has 0 aliphatic rings. The molecule has 1 heterocycles. The van der Waals surface area contributed by atoms with Crippen molar-refractivity contribution in [1.29, 1.82) is 0 Å². The van der Waals surface area contributed by atoms with Crippen molar-refractivity contribution in [2.75, 3.05) is 11.4 Å². The molecular weight excluding hydrogens is 216 g/mol. The third kappa shape index (κ3) is 4.34. The van der Waals surface area contributed by atoms with Crippen LogP contribution >= 0.6 is 0 Å². The lowest BCUT2D eigenvalue weighted by Crippen LogP contribution is -2.31. The largest absolute Gasteiger partial charge is 0.407 e. The second-order valence-electron chi connectivity index (χ2n) is 4.80. The van der Waals surface area contributed by atoms with Crippen LogP contribution in [0.5, 0.6) is 0 Å². The third-order valence-corrected chi connectivity index (χ3v) is 2.45. The van der Waals surface area contributed by atoms with E-state index in [0.717, 1.165) is 13.0 Å². The fourth-order valence-electron chi connectivity index (χ4n) is 1.54. The van der Waals surface area contributed by atoms with E-state index < -0.39 is 0 Å². The molecule has 0 radical (unpaired) electrons. The number of anilines is 1. The Bertz CT molecular complexity index is 322. The fraction of sp³-hybridized carbons (Fsp3) is 0.833. The predicted molar refractivity (Wildman–Crippen MR) is 69.0 cm³/mol. The quantitative estimate of drug-likeness (QED) is 0.791. The molecule has 0 atom stereocenters. The molecule has 5 nitrogen and oxygen atoms in total. The highest BCUT2D eigenvalue weighted by Crippen LogP contribution is 2.15. The summed E-state index contributed by atoms with van der Waals surface area (Å²) < 4.78 is 5.65. The van der Waals surface area contributed by atoms with Crippen LogP contribution in [0.25, 0.3) is 0 Å². The maximum atomic E-state index is 5.65. The number of nitrogens with one attached hydrogen (secondary N) is 1. The normalized spacial score (nSPS) is 11.5. The van der Waals surface area contributed by atoms with E-state index in [0.29, 0.717) is 30.5 Å². The van der Waals surface area contributed by atoms with Gasteiger partial charge in [-0.15, -0.1) is 5.10 Å². The van der Waals surface area contributed by atoms with E-state index in [9.17, 15) is 0 Å². The summed E-state index contributed by atoms with van der Waals surface area (Å²) in [5.41, 5.74) is 0. The van der Waals surface area contributed by atoms with Gasteiger partial charge in [0.2, 0.25) is 5.89 Å². The fourth-order valence-corrected chi connectivity index (χ4v) is 1.54. The van der Waals surface area contributed by atoms with Crippen LogP contribution in [0.1, 0.15) is 46.9 Å². The van der Waals surface area contributed by atoms with Gasteiger partial charge < -0.3 is 14.6 Å². The first-order chi connectivity index (χ1) is 8.04. The minimum absolute atomic E-state index is 0.376. The maximum absolute atomic E-state index is 5.65. The number of hydrogen-bond acceptors (Lipinski definition) is 5. The highest BCUT2D eigenvalue weighted by Gasteiger charge is 2.16. The molecule has 1 N–H and O–H groups in total. The van der Waals surface area contributed by atoms with Crippen molar-refractivity contribution in [3.05, 3.63) is 5.89 Å². The summed E-state index contributed by atoms with van der Waals surface area (Å²) in [6.45, 7) is 12.2. The van der Waals surface area contributed by atoms with Gasteiger partial charge >= 0.3 is 6.01 Å². The van der Waals surface area contributed by atoms with Gasteiger partial charge in [-0.2, -0.15) is 0 Å². The van der Waals surface area contributed by atoms with Crippen molar-refractivity contribution < 1.29 is 4.42 Å². The minimum atomic E-state index is 0.376. The van der Waals surface area contributed by atoms with Crippen LogP contribution in [0.15, 0.2) is 4.42 Å². The molecule has 0 aromatic carbocycles. The molecule has 0 aliphatic heterocycles. The summed E-state index contributed by atoms with van der Waals surface area (Å²) in [7, 11) is 0. The molecule has 17 heavy (non-hydrogen) atoms. The molecule has 0 unspecified atom stereocenters. The molecule has 98 valence electrons. The van der Waals surface area contributed by atoms with Gasteiger partial charge in [-0.3, -0.25) is 0 Å². The standard InChI is InChI=1S/C12H24N4O/c1-6-7-16(10(4)5)12-15-14-11(17-12)8-13-9(2)3/h9-10,13H,6-8H2,1-5H3. The number of nitrogens with zero attached hydrogens (tertiary/aromatic N) is 3. The Morgan fingerprint density at radius 2 is 1.94 bits per heavy atom.